The molecule has 96 valence electrons. The fourth-order valence-electron chi connectivity index (χ4n) is 2.15. The number of para-hydroxylation sites is 2. The molecule has 3 rings (SSSR count). The fourth-order valence-corrected chi connectivity index (χ4v) is 2.40. The number of anilines is 1. The van der Waals surface area contributed by atoms with Gasteiger partial charge in [-0.05, 0) is 18.6 Å². The Morgan fingerprint density at radius 1 is 1.22 bits per heavy atom. The van der Waals surface area contributed by atoms with Crippen molar-refractivity contribution in [1.29, 1.82) is 0 Å². The second-order valence-corrected chi connectivity index (χ2v) is 4.68. The minimum atomic E-state index is 0. The van der Waals surface area contributed by atoms with Crippen molar-refractivity contribution < 1.29 is 0 Å². The molecule has 4 nitrogen and oxygen atoms in total. The van der Waals surface area contributed by atoms with Crippen molar-refractivity contribution in [3.63, 3.8) is 0 Å². The second kappa shape index (κ2) is 5.26. The van der Waals surface area contributed by atoms with E-state index < -0.39 is 0 Å². The Balaban J connectivity index is 0.00000120. The lowest BCUT2D eigenvalue weighted by atomic mass is 10.3. The van der Waals surface area contributed by atoms with E-state index in [-0.39, 0.29) is 18.4 Å². The number of hydrogen-bond acceptors (Lipinski definition) is 4. The van der Waals surface area contributed by atoms with Gasteiger partial charge in [-0.25, -0.2) is 9.97 Å². The second-order valence-electron chi connectivity index (χ2n) is 4.32. The number of benzene rings is 1. The number of aromatic nitrogens is 2. The van der Waals surface area contributed by atoms with Crippen molar-refractivity contribution in [1.82, 2.24) is 9.97 Å². The van der Waals surface area contributed by atoms with Crippen LogP contribution < -0.4 is 10.6 Å². The topological polar surface area (TPSA) is 55.0 Å². The van der Waals surface area contributed by atoms with Gasteiger partial charge in [0.25, 0.3) is 0 Å². The molecule has 1 aliphatic heterocycles. The molecule has 1 aromatic carbocycles. The monoisotopic (exact) mass is 284 g/mol. The molecule has 1 aliphatic rings. The zero-order chi connectivity index (χ0) is 11.8. The number of rotatable bonds is 1. The molecule has 0 bridgehead atoms. The van der Waals surface area contributed by atoms with E-state index in [1.54, 1.807) is 0 Å². The fraction of sp³-hybridized carbons (Fsp3) is 0.333. The third-order valence-electron chi connectivity index (χ3n) is 3.04. The molecule has 18 heavy (non-hydrogen) atoms. The summed E-state index contributed by atoms with van der Waals surface area (Å²) in [6, 6.07) is 7.94. The largest absolute Gasteiger partial charge is 0.352 e. The van der Waals surface area contributed by atoms with Crippen molar-refractivity contribution in [2.45, 2.75) is 12.5 Å². The number of nitrogens with zero attached hydrogens (tertiary/aromatic N) is 3. The summed E-state index contributed by atoms with van der Waals surface area (Å²) in [6.45, 7) is 1.70. The molecule has 0 amide bonds. The molecule has 1 aromatic heterocycles. The van der Waals surface area contributed by atoms with Crippen LogP contribution in [0.1, 0.15) is 6.42 Å². The number of halogens is 2. The van der Waals surface area contributed by atoms with E-state index >= 15 is 0 Å². The van der Waals surface area contributed by atoms with Crippen molar-refractivity contribution in [3.05, 3.63) is 29.4 Å². The van der Waals surface area contributed by atoms with Gasteiger partial charge in [0.2, 0.25) is 0 Å². The quantitative estimate of drug-likeness (QED) is 0.873. The predicted molar refractivity (Wildman–Crippen MR) is 76.6 cm³/mol. The molecule has 6 heteroatoms. The van der Waals surface area contributed by atoms with Crippen LogP contribution in [0.15, 0.2) is 24.3 Å². The van der Waals surface area contributed by atoms with Gasteiger partial charge in [-0.2, -0.15) is 0 Å². The Kier molecular flexibility index (Phi) is 3.90. The van der Waals surface area contributed by atoms with Crippen LogP contribution in [0.2, 0.25) is 5.15 Å². The first-order valence-corrected chi connectivity index (χ1v) is 6.04. The first-order chi connectivity index (χ1) is 8.24. The van der Waals surface area contributed by atoms with Crippen molar-refractivity contribution in [2.75, 3.05) is 18.0 Å². The third kappa shape index (κ3) is 2.36. The molecule has 2 N–H and O–H groups in total. The zero-order valence-electron chi connectivity index (χ0n) is 9.71. The van der Waals surface area contributed by atoms with E-state index in [2.05, 4.69) is 14.9 Å². The summed E-state index contributed by atoms with van der Waals surface area (Å²) in [5.74, 6) is 0.748. The SMILES string of the molecule is Cl.N[C@H]1CCN(c2nc3ccccc3nc2Cl)C1. The van der Waals surface area contributed by atoms with Crippen LogP contribution >= 0.6 is 24.0 Å². The molecule has 1 saturated heterocycles. The van der Waals surface area contributed by atoms with Crippen molar-refractivity contribution in [3.8, 4) is 0 Å². The molecule has 0 spiro atoms. The maximum Gasteiger partial charge on any atom is 0.172 e. The lowest BCUT2D eigenvalue weighted by Gasteiger charge is -2.17. The molecular weight excluding hydrogens is 271 g/mol. The van der Waals surface area contributed by atoms with E-state index in [0.29, 0.717) is 5.15 Å². The van der Waals surface area contributed by atoms with E-state index in [1.165, 1.54) is 0 Å². The van der Waals surface area contributed by atoms with Crippen molar-refractivity contribution >= 4 is 40.9 Å². The summed E-state index contributed by atoms with van der Waals surface area (Å²) < 4.78 is 0. The highest BCUT2D eigenvalue weighted by atomic mass is 35.5. The van der Waals surface area contributed by atoms with Gasteiger partial charge in [0, 0.05) is 19.1 Å². The molecule has 2 aromatic rings. The molecule has 1 fully saturated rings. The lowest BCUT2D eigenvalue weighted by Crippen LogP contribution is -2.27. The van der Waals surface area contributed by atoms with Crippen LogP contribution in [0.3, 0.4) is 0 Å². The van der Waals surface area contributed by atoms with E-state index in [4.69, 9.17) is 17.3 Å². The Hall–Kier alpha value is -1.10. The minimum Gasteiger partial charge on any atom is -0.352 e. The Bertz CT molecular complexity index is 561. The number of fused-ring (bicyclic) bond motifs is 1. The summed E-state index contributed by atoms with van der Waals surface area (Å²) in [4.78, 5) is 11.0. The highest BCUT2D eigenvalue weighted by Gasteiger charge is 2.23. The maximum atomic E-state index is 6.17. The van der Waals surface area contributed by atoms with Crippen LogP contribution in [0.4, 0.5) is 5.82 Å². The van der Waals surface area contributed by atoms with Crippen LogP contribution in [0.25, 0.3) is 11.0 Å². The summed E-state index contributed by atoms with van der Waals surface area (Å²) in [6.07, 6.45) is 0.977. The van der Waals surface area contributed by atoms with E-state index in [0.717, 1.165) is 36.4 Å². The van der Waals surface area contributed by atoms with Gasteiger partial charge in [0.15, 0.2) is 11.0 Å². The summed E-state index contributed by atoms with van der Waals surface area (Å²) in [7, 11) is 0. The first-order valence-electron chi connectivity index (χ1n) is 5.67. The molecule has 2 heterocycles. The molecule has 0 unspecified atom stereocenters. The normalized spacial score (nSPS) is 19.0. The van der Waals surface area contributed by atoms with Gasteiger partial charge >= 0.3 is 0 Å². The van der Waals surface area contributed by atoms with Crippen LogP contribution in [0.5, 0.6) is 0 Å². The molecule has 0 saturated carbocycles. The standard InChI is InChI=1S/C12H13ClN4.ClH/c13-11-12(17-6-5-8(14)7-17)16-10-4-2-1-3-9(10)15-11;/h1-4,8H,5-7,14H2;1H/t8-;/m0./s1. The summed E-state index contributed by atoms with van der Waals surface area (Å²) >= 11 is 6.17. The van der Waals surface area contributed by atoms with Crippen LogP contribution in [0, 0.1) is 0 Å². The van der Waals surface area contributed by atoms with Gasteiger partial charge in [-0.3, -0.25) is 0 Å². The minimum absolute atomic E-state index is 0. The Morgan fingerprint density at radius 2 is 1.89 bits per heavy atom. The van der Waals surface area contributed by atoms with Crippen molar-refractivity contribution in [2.24, 2.45) is 5.73 Å². The molecule has 1 atom stereocenters. The van der Waals surface area contributed by atoms with Gasteiger partial charge in [-0.1, -0.05) is 23.7 Å². The first kappa shape index (κ1) is 13.3. The lowest BCUT2D eigenvalue weighted by molar-refractivity contribution is 0.751. The van der Waals surface area contributed by atoms with Gasteiger partial charge in [0.05, 0.1) is 11.0 Å². The predicted octanol–water partition coefficient (Wildman–Crippen LogP) is 2.24. The Labute approximate surface area is 117 Å². The molecule has 0 aliphatic carbocycles. The highest BCUT2D eigenvalue weighted by molar-refractivity contribution is 6.32. The third-order valence-corrected chi connectivity index (χ3v) is 3.29. The van der Waals surface area contributed by atoms with Gasteiger partial charge in [-0.15, -0.1) is 12.4 Å². The molecular formula is C12H14Cl2N4. The highest BCUT2D eigenvalue weighted by Crippen LogP contribution is 2.26. The molecule has 0 radical (unpaired) electrons. The smallest absolute Gasteiger partial charge is 0.172 e. The Morgan fingerprint density at radius 3 is 2.50 bits per heavy atom. The summed E-state index contributed by atoms with van der Waals surface area (Å²) in [5, 5.41) is 0.456. The van der Waals surface area contributed by atoms with E-state index in [1.807, 2.05) is 24.3 Å². The zero-order valence-corrected chi connectivity index (χ0v) is 11.3. The number of nitrogens with two attached hydrogens (primary N) is 1. The van der Waals surface area contributed by atoms with Gasteiger partial charge in [0.1, 0.15) is 0 Å². The average molecular weight is 285 g/mol. The summed E-state index contributed by atoms with van der Waals surface area (Å²) in [5.41, 5.74) is 7.58. The van der Waals surface area contributed by atoms with Crippen LogP contribution in [-0.4, -0.2) is 29.1 Å². The van der Waals surface area contributed by atoms with Crippen LogP contribution in [-0.2, 0) is 0 Å². The maximum absolute atomic E-state index is 6.17. The van der Waals surface area contributed by atoms with Gasteiger partial charge < -0.3 is 10.6 Å². The number of hydrogen-bond donors (Lipinski definition) is 1. The van der Waals surface area contributed by atoms with E-state index in [9.17, 15) is 0 Å². The average Bonchev–Trinajstić information content (AvgIpc) is 2.75.